The normalized spacial score (nSPS) is 13.1. The lowest BCUT2D eigenvalue weighted by molar-refractivity contribution is -0.137. The molecule has 1 heterocycles. The fourth-order valence-electron chi connectivity index (χ4n) is 2.60. The van der Waals surface area contributed by atoms with E-state index in [0.29, 0.717) is 12.8 Å². The second-order valence-electron chi connectivity index (χ2n) is 5.96. The van der Waals surface area contributed by atoms with Gasteiger partial charge in [0.15, 0.2) is 0 Å². The average molecular weight is 361 g/mol. The quantitative estimate of drug-likeness (QED) is 0.448. The van der Waals surface area contributed by atoms with Crippen LogP contribution in [-0.2, 0) is 9.59 Å². The van der Waals surface area contributed by atoms with Gasteiger partial charge in [-0.25, -0.2) is 4.98 Å². The second kappa shape index (κ2) is 8.86. The van der Waals surface area contributed by atoms with Gasteiger partial charge in [-0.15, -0.1) is 0 Å². The van der Waals surface area contributed by atoms with Crippen LogP contribution in [0.1, 0.15) is 43.5 Å². The van der Waals surface area contributed by atoms with E-state index in [4.69, 9.17) is 16.6 Å². The largest absolute Gasteiger partial charge is 0.508 e. The highest BCUT2D eigenvalue weighted by Gasteiger charge is 2.19. The van der Waals surface area contributed by atoms with Gasteiger partial charge in [-0.05, 0) is 30.5 Å². The Morgan fingerprint density at radius 3 is 2.54 bits per heavy atom. The van der Waals surface area contributed by atoms with E-state index >= 15 is 0 Å². The van der Waals surface area contributed by atoms with Crippen LogP contribution in [0.15, 0.2) is 36.7 Å². The maximum absolute atomic E-state index is 12.4. The first-order valence-corrected chi connectivity index (χ1v) is 8.20. The summed E-state index contributed by atoms with van der Waals surface area (Å²) in [6, 6.07) is 5.80. The second-order valence-corrected chi connectivity index (χ2v) is 5.96. The molecular formula is C17H23N5O4. The van der Waals surface area contributed by atoms with Gasteiger partial charge in [0, 0.05) is 31.3 Å². The van der Waals surface area contributed by atoms with E-state index in [-0.39, 0.29) is 30.4 Å². The van der Waals surface area contributed by atoms with Gasteiger partial charge in [-0.3, -0.25) is 14.2 Å². The van der Waals surface area contributed by atoms with Crippen LogP contribution < -0.4 is 16.8 Å². The molecule has 0 aliphatic carbocycles. The number of rotatable bonds is 9. The van der Waals surface area contributed by atoms with Crippen LogP contribution in [0.3, 0.4) is 0 Å². The van der Waals surface area contributed by atoms with Crippen molar-refractivity contribution in [3.63, 3.8) is 0 Å². The van der Waals surface area contributed by atoms with Crippen LogP contribution in [0.25, 0.3) is 0 Å². The zero-order chi connectivity index (χ0) is 19.1. The molecular weight excluding hydrogens is 338 g/mol. The Kier molecular flexibility index (Phi) is 6.56. The number of anilines is 1. The highest BCUT2D eigenvalue weighted by Crippen LogP contribution is 2.20. The Labute approximate surface area is 150 Å². The summed E-state index contributed by atoms with van der Waals surface area (Å²) in [7, 11) is 0. The number of hydrogen-bond acceptors (Lipinski definition) is 6. The maximum Gasteiger partial charge on any atom is 0.303 e. The molecule has 26 heavy (non-hydrogen) atoms. The van der Waals surface area contributed by atoms with Gasteiger partial charge in [0.2, 0.25) is 11.9 Å². The highest BCUT2D eigenvalue weighted by atomic mass is 16.4. The number of phenols is 1. The van der Waals surface area contributed by atoms with Crippen molar-refractivity contribution in [2.24, 2.45) is 5.73 Å². The fourth-order valence-corrected chi connectivity index (χ4v) is 2.60. The number of nitrogen functional groups attached to an aromatic ring is 1. The van der Waals surface area contributed by atoms with Gasteiger partial charge in [-0.1, -0.05) is 12.1 Å². The Morgan fingerprint density at radius 2 is 1.96 bits per heavy atom. The van der Waals surface area contributed by atoms with Gasteiger partial charge in [-0.2, -0.15) is 0 Å². The number of hydrogen-bond donors (Lipinski definition) is 5. The monoisotopic (exact) mass is 361 g/mol. The number of phenolic OH excluding ortho intramolecular Hbond substituents is 1. The summed E-state index contributed by atoms with van der Waals surface area (Å²) >= 11 is 0. The van der Waals surface area contributed by atoms with Gasteiger partial charge in [0.1, 0.15) is 11.9 Å². The van der Waals surface area contributed by atoms with E-state index in [2.05, 4.69) is 10.3 Å². The van der Waals surface area contributed by atoms with Crippen LogP contribution >= 0.6 is 0 Å². The number of nitrogens with one attached hydrogen (secondary N) is 1. The molecule has 2 aromatic rings. The summed E-state index contributed by atoms with van der Waals surface area (Å²) in [5, 5.41) is 20.9. The molecule has 0 radical (unpaired) electrons. The molecule has 9 nitrogen and oxygen atoms in total. The third-order valence-corrected chi connectivity index (χ3v) is 3.96. The molecule has 0 spiro atoms. The Bertz CT molecular complexity index is 744. The SMILES string of the molecule is Nc1nccn1C(CCCC(=O)O)NC(=O)CC(N)c1ccc(O)cc1. The lowest BCUT2D eigenvalue weighted by atomic mass is 10.0. The number of carbonyl (C=O) groups is 2. The molecule has 9 heteroatoms. The standard InChI is InChI=1S/C17H23N5O4/c18-13(11-4-6-12(23)7-5-11)10-15(24)21-14(2-1-3-16(25)26)22-9-8-20-17(22)19/h4-9,13-14,23H,1-3,10,18H2,(H2,19,20)(H,21,24)(H,25,26). The van der Waals surface area contributed by atoms with E-state index in [1.54, 1.807) is 22.9 Å². The molecule has 0 aliphatic rings. The number of nitrogens with zero attached hydrogens (tertiary/aromatic N) is 2. The molecule has 0 saturated heterocycles. The van der Waals surface area contributed by atoms with Crippen molar-refractivity contribution >= 4 is 17.8 Å². The van der Waals surface area contributed by atoms with E-state index < -0.39 is 18.2 Å². The van der Waals surface area contributed by atoms with Crippen LogP contribution in [-0.4, -0.2) is 31.6 Å². The number of imidazole rings is 1. The lowest BCUT2D eigenvalue weighted by Crippen LogP contribution is -2.34. The van der Waals surface area contributed by atoms with E-state index in [0.717, 1.165) is 5.56 Å². The van der Waals surface area contributed by atoms with Crippen LogP contribution in [0, 0.1) is 0 Å². The number of carboxylic acids is 1. The minimum absolute atomic E-state index is 0.00596. The molecule has 0 bridgehead atoms. The van der Waals surface area contributed by atoms with Crippen molar-refractivity contribution in [3.8, 4) is 5.75 Å². The van der Waals surface area contributed by atoms with Crippen molar-refractivity contribution in [2.45, 2.75) is 37.9 Å². The smallest absolute Gasteiger partial charge is 0.303 e. The van der Waals surface area contributed by atoms with E-state index in [1.165, 1.54) is 18.3 Å². The Morgan fingerprint density at radius 1 is 1.27 bits per heavy atom. The molecule has 140 valence electrons. The Balaban J connectivity index is 1.99. The summed E-state index contributed by atoms with van der Waals surface area (Å²) < 4.78 is 1.59. The highest BCUT2D eigenvalue weighted by molar-refractivity contribution is 5.77. The number of carboxylic acid groups (broad SMARTS) is 1. The molecule has 2 rings (SSSR count). The van der Waals surface area contributed by atoms with Crippen molar-refractivity contribution < 1.29 is 19.8 Å². The number of aromatic hydroxyl groups is 1. The van der Waals surface area contributed by atoms with Gasteiger partial charge in [0.25, 0.3) is 0 Å². The third-order valence-electron chi connectivity index (χ3n) is 3.96. The van der Waals surface area contributed by atoms with Crippen molar-refractivity contribution in [1.29, 1.82) is 0 Å². The topological polar surface area (TPSA) is 156 Å². The maximum atomic E-state index is 12.4. The van der Waals surface area contributed by atoms with Crippen molar-refractivity contribution in [2.75, 3.05) is 5.73 Å². The molecule has 0 saturated carbocycles. The molecule has 0 aliphatic heterocycles. The van der Waals surface area contributed by atoms with Crippen LogP contribution in [0.5, 0.6) is 5.75 Å². The number of benzene rings is 1. The summed E-state index contributed by atoms with van der Waals surface area (Å²) in [4.78, 5) is 27.0. The predicted molar refractivity (Wildman–Crippen MR) is 95.0 cm³/mol. The van der Waals surface area contributed by atoms with E-state index in [9.17, 15) is 14.7 Å². The van der Waals surface area contributed by atoms with Crippen LogP contribution in [0.4, 0.5) is 5.95 Å². The summed E-state index contributed by atoms with van der Waals surface area (Å²) in [6.45, 7) is 0. The molecule has 1 aromatic heterocycles. The average Bonchev–Trinajstić information content (AvgIpc) is 3.00. The lowest BCUT2D eigenvalue weighted by Gasteiger charge is -2.22. The summed E-state index contributed by atoms with van der Waals surface area (Å²) in [5.41, 5.74) is 12.6. The molecule has 7 N–H and O–H groups in total. The van der Waals surface area contributed by atoms with Crippen LogP contribution in [0.2, 0.25) is 0 Å². The first kappa shape index (κ1) is 19.3. The van der Waals surface area contributed by atoms with Gasteiger partial charge in [0.05, 0.1) is 0 Å². The molecule has 2 atom stereocenters. The summed E-state index contributed by atoms with van der Waals surface area (Å²) in [6.07, 6.45) is 3.43. The minimum Gasteiger partial charge on any atom is -0.508 e. The zero-order valence-corrected chi connectivity index (χ0v) is 14.2. The number of aliphatic carboxylic acids is 1. The van der Waals surface area contributed by atoms with Crippen molar-refractivity contribution in [1.82, 2.24) is 14.9 Å². The molecule has 1 amide bonds. The van der Waals surface area contributed by atoms with Crippen molar-refractivity contribution in [3.05, 3.63) is 42.2 Å². The zero-order valence-electron chi connectivity index (χ0n) is 14.2. The molecule has 1 aromatic carbocycles. The van der Waals surface area contributed by atoms with E-state index in [1.807, 2.05) is 0 Å². The minimum atomic E-state index is -0.900. The van der Waals surface area contributed by atoms with Gasteiger partial charge >= 0.3 is 5.97 Å². The first-order chi connectivity index (χ1) is 12.4. The number of nitrogens with two attached hydrogens (primary N) is 2. The number of aromatic nitrogens is 2. The first-order valence-electron chi connectivity index (χ1n) is 8.20. The predicted octanol–water partition coefficient (Wildman–Crippen LogP) is 1.13. The summed E-state index contributed by atoms with van der Waals surface area (Å²) in [5.74, 6) is -0.838. The van der Waals surface area contributed by atoms with Gasteiger partial charge < -0.3 is 27.0 Å². The number of amides is 1. The fraction of sp³-hybridized carbons (Fsp3) is 0.353. The molecule has 0 fully saturated rings. The molecule has 2 unspecified atom stereocenters. The third kappa shape index (κ3) is 5.49. The number of carbonyl (C=O) groups excluding carboxylic acids is 1. The Hall–Kier alpha value is -3.07.